The van der Waals surface area contributed by atoms with Crippen molar-refractivity contribution in [3.05, 3.63) is 18.3 Å². The van der Waals surface area contributed by atoms with Gasteiger partial charge in [-0.2, -0.15) is 0 Å². The fourth-order valence-electron chi connectivity index (χ4n) is 2.58. The van der Waals surface area contributed by atoms with Gasteiger partial charge >= 0.3 is 0 Å². The van der Waals surface area contributed by atoms with Crippen LogP contribution in [0.15, 0.2) is 23.2 Å². The number of rotatable bonds is 7. The number of anilines is 1. The van der Waals surface area contributed by atoms with Crippen LogP contribution in [-0.4, -0.2) is 39.2 Å². The van der Waals surface area contributed by atoms with E-state index in [1.807, 2.05) is 6.92 Å². The molecule has 2 rings (SSSR count). The molecule has 7 heteroatoms. The first kappa shape index (κ1) is 16.2. The van der Waals surface area contributed by atoms with Crippen molar-refractivity contribution in [1.29, 1.82) is 0 Å². The average molecular weight is 313 g/mol. The van der Waals surface area contributed by atoms with Gasteiger partial charge in [-0.3, -0.25) is 0 Å². The molecule has 0 bridgehead atoms. The van der Waals surface area contributed by atoms with E-state index in [0.29, 0.717) is 25.5 Å². The molecule has 0 amide bonds. The van der Waals surface area contributed by atoms with Crippen LogP contribution < -0.4 is 10.0 Å². The van der Waals surface area contributed by atoms with Gasteiger partial charge in [0.1, 0.15) is 10.7 Å². The van der Waals surface area contributed by atoms with Crippen molar-refractivity contribution >= 4 is 15.8 Å². The lowest BCUT2D eigenvalue weighted by Crippen LogP contribution is -2.33. The van der Waals surface area contributed by atoms with Gasteiger partial charge < -0.3 is 10.1 Å². The summed E-state index contributed by atoms with van der Waals surface area (Å²) in [6, 6.07) is 3.19. The predicted molar refractivity (Wildman–Crippen MR) is 81.7 cm³/mol. The average Bonchev–Trinajstić information content (AvgIpc) is 2.93. The molecular formula is C14H23N3O3S. The predicted octanol–water partition coefficient (Wildman–Crippen LogP) is 1.61. The summed E-state index contributed by atoms with van der Waals surface area (Å²) in [5.41, 5.74) is 0. The van der Waals surface area contributed by atoms with Crippen LogP contribution in [-0.2, 0) is 14.8 Å². The first-order valence-electron chi connectivity index (χ1n) is 7.38. The van der Waals surface area contributed by atoms with E-state index in [1.54, 1.807) is 18.3 Å². The number of sulfonamides is 1. The molecule has 118 valence electrons. The molecule has 0 aliphatic carbocycles. The third-order valence-corrected chi connectivity index (χ3v) is 5.14. The Kier molecular flexibility index (Phi) is 5.55. The molecule has 6 nitrogen and oxygen atoms in total. The topological polar surface area (TPSA) is 80.3 Å². The number of aromatic nitrogens is 1. The van der Waals surface area contributed by atoms with Crippen molar-refractivity contribution in [1.82, 2.24) is 9.71 Å². The number of pyridine rings is 1. The van der Waals surface area contributed by atoms with Gasteiger partial charge in [0.05, 0.1) is 6.10 Å². The quantitative estimate of drug-likeness (QED) is 0.799. The van der Waals surface area contributed by atoms with Gasteiger partial charge in [0.15, 0.2) is 0 Å². The molecule has 1 aliphatic heterocycles. The molecule has 2 unspecified atom stereocenters. The van der Waals surface area contributed by atoms with Crippen LogP contribution in [0.3, 0.4) is 0 Å². The zero-order valence-corrected chi connectivity index (χ0v) is 13.3. The highest BCUT2D eigenvalue weighted by Gasteiger charge is 2.28. The van der Waals surface area contributed by atoms with E-state index < -0.39 is 10.0 Å². The second-order valence-corrected chi connectivity index (χ2v) is 6.83. The molecule has 2 N–H and O–H groups in total. The minimum absolute atomic E-state index is 0.148. The number of hydrogen-bond donors (Lipinski definition) is 2. The molecule has 1 aromatic rings. The van der Waals surface area contributed by atoms with Gasteiger partial charge in [-0.05, 0) is 31.9 Å². The van der Waals surface area contributed by atoms with E-state index in [4.69, 9.17) is 4.74 Å². The van der Waals surface area contributed by atoms with Crippen molar-refractivity contribution in [3.8, 4) is 0 Å². The van der Waals surface area contributed by atoms with Crippen LogP contribution in [0.2, 0.25) is 0 Å². The molecular weight excluding hydrogens is 290 g/mol. The number of nitrogens with zero attached hydrogens (tertiary/aromatic N) is 1. The van der Waals surface area contributed by atoms with Gasteiger partial charge in [-0.1, -0.05) is 6.92 Å². The molecule has 21 heavy (non-hydrogen) atoms. The summed E-state index contributed by atoms with van der Waals surface area (Å²) in [5.74, 6) is 0.631. The van der Waals surface area contributed by atoms with Crippen LogP contribution in [0.1, 0.15) is 26.7 Å². The molecule has 1 fully saturated rings. The van der Waals surface area contributed by atoms with E-state index in [2.05, 4.69) is 21.9 Å². The summed E-state index contributed by atoms with van der Waals surface area (Å²) in [4.78, 5) is 4.28. The smallest absolute Gasteiger partial charge is 0.244 e. The van der Waals surface area contributed by atoms with Crippen molar-refractivity contribution in [2.75, 3.05) is 25.0 Å². The Hall–Kier alpha value is -1.18. The summed E-state index contributed by atoms with van der Waals surface area (Å²) in [7, 11) is -3.56. The summed E-state index contributed by atoms with van der Waals surface area (Å²) < 4.78 is 33.2. The van der Waals surface area contributed by atoms with Gasteiger partial charge in [0.2, 0.25) is 10.0 Å². The van der Waals surface area contributed by atoms with Gasteiger partial charge in [-0.25, -0.2) is 18.1 Å². The second kappa shape index (κ2) is 7.20. The molecule has 1 aromatic heterocycles. The van der Waals surface area contributed by atoms with E-state index in [-0.39, 0.29) is 16.9 Å². The fraction of sp³-hybridized carbons (Fsp3) is 0.643. The molecule has 2 heterocycles. The first-order chi connectivity index (χ1) is 10.1. The first-order valence-corrected chi connectivity index (χ1v) is 8.87. The Morgan fingerprint density at radius 1 is 1.43 bits per heavy atom. The molecule has 0 spiro atoms. The number of nitrogens with one attached hydrogen (secondary N) is 2. The fourth-order valence-corrected chi connectivity index (χ4v) is 3.81. The highest BCUT2D eigenvalue weighted by atomic mass is 32.2. The lowest BCUT2D eigenvalue weighted by Gasteiger charge is -2.18. The molecule has 0 aromatic carbocycles. The summed E-state index contributed by atoms with van der Waals surface area (Å²) in [6.07, 6.45) is 3.53. The van der Waals surface area contributed by atoms with Gasteiger partial charge in [-0.15, -0.1) is 0 Å². The third-order valence-electron chi connectivity index (χ3n) is 3.69. The summed E-state index contributed by atoms with van der Waals surface area (Å²) >= 11 is 0. The Labute approximate surface area is 126 Å². The number of hydrogen-bond acceptors (Lipinski definition) is 5. The third kappa shape index (κ3) is 3.93. The molecule has 1 saturated heterocycles. The second-order valence-electron chi connectivity index (χ2n) is 5.10. The lowest BCUT2D eigenvalue weighted by atomic mass is 10.0. The Morgan fingerprint density at radius 3 is 2.95 bits per heavy atom. The molecule has 2 atom stereocenters. The molecule has 0 radical (unpaired) electrons. The summed E-state index contributed by atoms with van der Waals surface area (Å²) in [6.45, 7) is 5.69. The Morgan fingerprint density at radius 2 is 2.24 bits per heavy atom. The molecule has 1 aliphatic rings. The maximum Gasteiger partial charge on any atom is 0.244 e. The number of ether oxygens (including phenoxy) is 1. The standard InChI is InChI=1S/C14H23N3O3S/c1-3-12-11(7-9-20-12)10-17-21(18,19)13-6-5-8-16-14(13)15-4-2/h5-6,8,11-12,17H,3-4,7,9-10H2,1-2H3,(H,15,16). The van der Waals surface area contributed by atoms with Crippen LogP contribution in [0.5, 0.6) is 0 Å². The van der Waals surface area contributed by atoms with Crippen LogP contribution in [0.25, 0.3) is 0 Å². The summed E-state index contributed by atoms with van der Waals surface area (Å²) in [5, 5.41) is 2.98. The normalized spacial score (nSPS) is 22.4. The van der Waals surface area contributed by atoms with Crippen LogP contribution >= 0.6 is 0 Å². The van der Waals surface area contributed by atoms with Crippen molar-refractivity contribution in [2.24, 2.45) is 5.92 Å². The largest absolute Gasteiger partial charge is 0.378 e. The maximum absolute atomic E-state index is 12.4. The zero-order valence-electron chi connectivity index (χ0n) is 12.5. The molecule has 0 saturated carbocycles. The maximum atomic E-state index is 12.4. The van der Waals surface area contributed by atoms with Gasteiger partial charge in [0, 0.05) is 31.8 Å². The Bertz CT molecular complexity index is 562. The van der Waals surface area contributed by atoms with Crippen LogP contribution in [0, 0.1) is 5.92 Å². The minimum atomic E-state index is -3.56. The Balaban J connectivity index is 2.08. The van der Waals surface area contributed by atoms with E-state index in [1.165, 1.54) is 0 Å². The van der Waals surface area contributed by atoms with Crippen molar-refractivity contribution in [2.45, 2.75) is 37.7 Å². The van der Waals surface area contributed by atoms with E-state index in [9.17, 15) is 8.42 Å². The van der Waals surface area contributed by atoms with E-state index >= 15 is 0 Å². The minimum Gasteiger partial charge on any atom is -0.378 e. The van der Waals surface area contributed by atoms with Crippen molar-refractivity contribution < 1.29 is 13.2 Å². The van der Waals surface area contributed by atoms with Crippen LogP contribution in [0.4, 0.5) is 5.82 Å². The lowest BCUT2D eigenvalue weighted by molar-refractivity contribution is 0.0884. The highest BCUT2D eigenvalue weighted by Crippen LogP contribution is 2.24. The van der Waals surface area contributed by atoms with Gasteiger partial charge in [0.25, 0.3) is 0 Å². The monoisotopic (exact) mass is 313 g/mol. The van der Waals surface area contributed by atoms with Crippen molar-refractivity contribution in [3.63, 3.8) is 0 Å². The van der Waals surface area contributed by atoms with E-state index in [0.717, 1.165) is 12.8 Å². The highest BCUT2D eigenvalue weighted by molar-refractivity contribution is 7.89. The SMILES string of the molecule is CCNc1ncccc1S(=O)(=O)NCC1CCOC1CC. The zero-order chi connectivity index (χ0) is 15.3.